The molecule has 1 amide bonds. The van der Waals surface area contributed by atoms with Crippen molar-refractivity contribution in [3.8, 4) is 11.5 Å². The number of amides is 1. The SMILES string of the molecule is CCOc1cc(C=C2SC(=S)N(Cc3ccc(C)cc3)C2=O)ccc1OCC(=O)O. The van der Waals surface area contributed by atoms with Crippen LogP contribution < -0.4 is 9.47 Å². The molecule has 0 bridgehead atoms. The second-order valence-electron chi connectivity index (χ2n) is 6.58. The van der Waals surface area contributed by atoms with Crippen LogP contribution in [0.25, 0.3) is 6.08 Å². The van der Waals surface area contributed by atoms with Gasteiger partial charge >= 0.3 is 5.97 Å². The molecule has 1 N–H and O–H groups in total. The van der Waals surface area contributed by atoms with E-state index in [0.717, 1.165) is 16.7 Å². The average Bonchev–Trinajstić information content (AvgIpc) is 2.96. The average molecular weight is 444 g/mol. The first-order valence-electron chi connectivity index (χ1n) is 9.29. The number of thioether (sulfide) groups is 1. The van der Waals surface area contributed by atoms with Gasteiger partial charge in [0, 0.05) is 0 Å². The second kappa shape index (κ2) is 9.77. The quantitative estimate of drug-likeness (QED) is 0.483. The van der Waals surface area contributed by atoms with Gasteiger partial charge in [0.15, 0.2) is 18.1 Å². The summed E-state index contributed by atoms with van der Waals surface area (Å²) in [6.45, 7) is 4.20. The zero-order valence-electron chi connectivity index (χ0n) is 16.6. The number of hydrogen-bond acceptors (Lipinski definition) is 6. The number of carbonyl (C=O) groups excluding carboxylic acids is 1. The Kier molecular flexibility index (Phi) is 7.12. The minimum absolute atomic E-state index is 0.144. The minimum atomic E-state index is -1.07. The van der Waals surface area contributed by atoms with E-state index in [1.807, 2.05) is 38.1 Å². The molecule has 0 radical (unpaired) electrons. The summed E-state index contributed by atoms with van der Waals surface area (Å²) >= 11 is 6.67. The molecule has 2 aromatic rings. The number of rotatable bonds is 8. The molecule has 1 saturated heterocycles. The summed E-state index contributed by atoms with van der Waals surface area (Å²) in [6.07, 6.45) is 1.75. The highest BCUT2D eigenvalue weighted by molar-refractivity contribution is 8.26. The lowest BCUT2D eigenvalue weighted by Gasteiger charge is -2.14. The molecular weight excluding hydrogens is 422 g/mol. The second-order valence-corrected chi connectivity index (χ2v) is 8.25. The van der Waals surface area contributed by atoms with E-state index in [9.17, 15) is 9.59 Å². The molecule has 3 rings (SSSR count). The highest BCUT2D eigenvalue weighted by atomic mass is 32.2. The topological polar surface area (TPSA) is 76.1 Å². The Hall–Kier alpha value is -2.84. The van der Waals surface area contributed by atoms with Crippen LogP contribution in [-0.4, -0.2) is 39.4 Å². The molecule has 0 atom stereocenters. The van der Waals surface area contributed by atoms with Crippen LogP contribution in [0.2, 0.25) is 0 Å². The molecule has 0 aromatic heterocycles. The summed E-state index contributed by atoms with van der Waals surface area (Å²) < 4.78 is 11.3. The Balaban J connectivity index is 1.79. The lowest BCUT2D eigenvalue weighted by molar-refractivity contribution is -0.139. The summed E-state index contributed by atoms with van der Waals surface area (Å²) in [6, 6.07) is 13.1. The molecule has 6 nitrogen and oxygen atoms in total. The van der Waals surface area contributed by atoms with Crippen molar-refractivity contribution in [1.29, 1.82) is 0 Å². The number of carboxylic acids is 1. The first-order chi connectivity index (χ1) is 14.4. The number of hydrogen-bond donors (Lipinski definition) is 1. The normalized spacial score (nSPS) is 15.0. The third-order valence-electron chi connectivity index (χ3n) is 4.25. The van der Waals surface area contributed by atoms with Crippen molar-refractivity contribution in [2.24, 2.45) is 0 Å². The van der Waals surface area contributed by atoms with Gasteiger partial charge in [-0.3, -0.25) is 9.69 Å². The van der Waals surface area contributed by atoms with Crippen molar-refractivity contribution in [3.63, 3.8) is 0 Å². The van der Waals surface area contributed by atoms with E-state index in [4.69, 9.17) is 26.8 Å². The van der Waals surface area contributed by atoms with Crippen LogP contribution in [0.15, 0.2) is 47.4 Å². The van der Waals surface area contributed by atoms with Gasteiger partial charge in [-0.25, -0.2) is 4.79 Å². The molecule has 1 aliphatic heterocycles. The van der Waals surface area contributed by atoms with Gasteiger partial charge in [-0.15, -0.1) is 0 Å². The van der Waals surface area contributed by atoms with Gasteiger partial charge in [-0.1, -0.05) is 59.9 Å². The Morgan fingerprint density at radius 1 is 1.17 bits per heavy atom. The summed E-state index contributed by atoms with van der Waals surface area (Å²) in [5.74, 6) is -0.459. The van der Waals surface area contributed by atoms with Crippen LogP contribution >= 0.6 is 24.0 Å². The van der Waals surface area contributed by atoms with Crippen molar-refractivity contribution in [2.45, 2.75) is 20.4 Å². The molecule has 0 spiro atoms. The zero-order chi connectivity index (χ0) is 21.7. The van der Waals surface area contributed by atoms with Crippen molar-refractivity contribution in [3.05, 3.63) is 64.1 Å². The van der Waals surface area contributed by atoms with E-state index >= 15 is 0 Å². The predicted octanol–water partition coefficient (Wildman–Crippen LogP) is 4.26. The molecule has 1 aliphatic rings. The van der Waals surface area contributed by atoms with Crippen LogP contribution in [0.1, 0.15) is 23.6 Å². The number of nitrogens with zero attached hydrogens (tertiary/aromatic N) is 1. The number of benzene rings is 2. The number of aryl methyl sites for hydroxylation is 1. The largest absolute Gasteiger partial charge is 0.490 e. The molecule has 30 heavy (non-hydrogen) atoms. The first kappa shape index (κ1) is 21.9. The van der Waals surface area contributed by atoms with E-state index in [2.05, 4.69) is 0 Å². The number of thiocarbonyl (C=S) groups is 1. The van der Waals surface area contributed by atoms with Crippen molar-refractivity contribution < 1.29 is 24.2 Å². The van der Waals surface area contributed by atoms with Crippen LogP contribution in [0.3, 0.4) is 0 Å². The number of ether oxygens (including phenoxy) is 2. The summed E-state index contributed by atoms with van der Waals surface area (Å²) in [5.41, 5.74) is 2.90. The molecule has 8 heteroatoms. The van der Waals surface area contributed by atoms with Crippen molar-refractivity contribution in [2.75, 3.05) is 13.2 Å². The van der Waals surface area contributed by atoms with Crippen LogP contribution in [0, 0.1) is 6.92 Å². The maximum atomic E-state index is 12.9. The lowest BCUT2D eigenvalue weighted by atomic mass is 10.1. The van der Waals surface area contributed by atoms with Gasteiger partial charge in [0.25, 0.3) is 5.91 Å². The fraction of sp³-hybridized carbons (Fsp3) is 0.227. The van der Waals surface area contributed by atoms with Crippen molar-refractivity contribution in [1.82, 2.24) is 4.90 Å². The fourth-order valence-electron chi connectivity index (χ4n) is 2.81. The summed E-state index contributed by atoms with van der Waals surface area (Å²) in [7, 11) is 0. The van der Waals surface area contributed by atoms with Crippen LogP contribution in [0.4, 0.5) is 0 Å². The van der Waals surface area contributed by atoms with Crippen molar-refractivity contribution >= 4 is 46.3 Å². The van der Waals surface area contributed by atoms with Gasteiger partial charge in [0.2, 0.25) is 0 Å². The fourth-order valence-corrected chi connectivity index (χ4v) is 4.06. The highest BCUT2D eigenvalue weighted by Crippen LogP contribution is 2.35. The Morgan fingerprint density at radius 2 is 1.90 bits per heavy atom. The smallest absolute Gasteiger partial charge is 0.341 e. The molecule has 0 saturated carbocycles. The standard InChI is InChI=1S/C22H21NO5S2/c1-3-27-18-10-16(8-9-17(18)28-13-20(24)25)11-19-21(26)23(22(29)30-19)12-15-6-4-14(2)5-7-15/h4-11H,3,12-13H2,1-2H3,(H,24,25). The van der Waals surface area contributed by atoms with E-state index in [1.165, 1.54) is 11.8 Å². The molecule has 1 heterocycles. The van der Waals surface area contributed by atoms with Gasteiger partial charge in [-0.2, -0.15) is 0 Å². The number of carboxylic acid groups (broad SMARTS) is 1. The summed E-state index contributed by atoms with van der Waals surface area (Å²) in [5, 5.41) is 8.81. The van der Waals surface area contributed by atoms with Gasteiger partial charge in [0.05, 0.1) is 18.1 Å². The molecule has 0 aliphatic carbocycles. The molecule has 156 valence electrons. The van der Waals surface area contributed by atoms with Gasteiger partial charge in [0.1, 0.15) is 4.32 Å². The molecule has 0 unspecified atom stereocenters. The maximum absolute atomic E-state index is 12.9. The van der Waals surface area contributed by atoms with Crippen LogP contribution in [0.5, 0.6) is 11.5 Å². The maximum Gasteiger partial charge on any atom is 0.341 e. The monoisotopic (exact) mass is 443 g/mol. The van der Waals surface area contributed by atoms with Gasteiger partial charge < -0.3 is 14.6 Å². The minimum Gasteiger partial charge on any atom is -0.490 e. The number of aliphatic carboxylic acids is 1. The van der Waals surface area contributed by atoms with E-state index < -0.39 is 12.6 Å². The lowest BCUT2D eigenvalue weighted by Crippen LogP contribution is -2.27. The van der Waals surface area contributed by atoms with Crippen LogP contribution in [-0.2, 0) is 16.1 Å². The van der Waals surface area contributed by atoms with E-state index in [-0.39, 0.29) is 5.91 Å². The zero-order valence-corrected chi connectivity index (χ0v) is 18.2. The molecule has 2 aromatic carbocycles. The molecule has 1 fully saturated rings. The third kappa shape index (κ3) is 5.40. The van der Waals surface area contributed by atoms with Gasteiger partial charge in [-0.05, 0) is 43.2 Å². The summed E-state index contributed by atoms with van der Waals surface area (Å²) in [4.78, 5) is 25.7. The van der Waals surface area contributed by atoms with E-state index in [1.54, 1.807) is 29.2 Å². The van der Waals surface area contributed by atoms with E-state index in [0.29, 0.717) is 33.9 Å². The number of carbonyl (C=O) groups is 2. The Morgan fingerprint density at radius 3 is 2.57 bits per heavy atom. The first-order valence-corrected chi connectivity index (χ1v) is 10.5. The Bertz CT molecular complexity index is 1000. The third-order valence-corrected chi connectivity index (χ3v) is 5.63. The predicted molar refractivity (Wildman–Crippen MR) is 121 cm³/mol. The Labute approximate surface area is 184 Å². The highest BCUT2D eigenvalue weighted by Gasteiger charge is 2.32. The molecular formula is C22H21NO5S2.